The SMILES string of the molecule is O=S1(=O)c2ccc(-c3ccoc3)cc2[C@H]2CN(Cc3ccsc3)C[C@@H]21. The van der Waals surface area contributed by atoms with E-state index in [4.69, 9.17) is 4.42 Å². The maximum Gasteiger partial charge on any atom is 0.183 e. The van der Waals surface area contributed by atoms with Crippen molar-refractivity contribution in [1.29, 1.82) is 0 Å². The van der Waals surface area contributed by atoms with E-state index in [0.29, 0.717) is 11.4 Å². The van der Waals surface area contributed by atoms with Gasteiger partial charge in [-0.2, -0.15) is 11.3 Å². The molecule has 4 heterocycles. The van der Waals surface area contributed by atoms with E-state index in [0.717, 1.165) is 29.8 Å². The molecule has 1 aromatic carbocycles. The molecule has 0 aliphatic carbocycles. The second kappa shape index (κ2) is 5.56. The van der Waals surface area contributed by atoms with Gasteiger partial charge >= 0.3 is 0 Å². The van der Waals surface area contributed by atoms with Crippen LogP contribution in [0.5, 0.6) is 0 Å². The van der Waals surface area contributed by atoms with Crippen LogP contribution in [-0.4, -0.2) is 31.7 Å². The molecule has 3 aromatic rings. The average molecular weight is 371 g/mol. The minimum Gasteiger partial charge on any atom is -0.472 e. The average Bonchev–Trinajstić information content (AvgIpc) is 3.37. The highest BCUT2D eigenvalue weighted by Gasteiger charge is 2.50. The van der Waals surface area contributed by atoms with Crippen LogP contribution in [0, 0.1) is 0 Å². The summed E-state index contributed by atoms with van der Waals surface area (Å²) in [5, 5.41) is 3.88. The molecule has 1 saturated heterocycles. The van der Waals surface area contributed by atoms with Gasteiger partial charge in [-0.25, -0.2) is 8.42 Å². The number of furan rings is 1. The first kappa shape index (κ1) is 15.4. The number of likely N-dealkylation sites (tertiary alicyclic amines) is 1. The van der Waals surface area contributed by atoms with Crippen LogP contribution < -0.4 is 0 Å². The lowest BCUT2D eigenvalue weighted by atomic mass is 9.95. The molecule has 0 spiro atoms. The summed E-state index contributed by atoms with van der Waals surface area (Å²) < 4.78 is 31.1. The summed E-state index contributed by atoms with van der Waals surface area (Å²) in [5.41, 5.74) is 4.22. The predicted octanol–water partition coefficient (Wildman–Crippen LogP) is 3.76. The summed E-state index contributed by atoms with van der Waals surface area (Å²) in [6.07, 6.45) is 3.33. The number of rotatable bonds is 3. The second-order valence-corrected chi connectivity index (χ2v) is 9.70. The summed E-state index contributed by atoms with van der Waals surface area (Å²) in [4.78, 5) is 2.78. The third-order valence-electron chi connectivity index (χ3n) is 5.30. The van der Waals surface area contributed by atoms with Gasteiger partial charge in [-0.3, -0.25) is 4.90 Å². The molecule has 2 aromatic heterocycles. The molecular formula is C19H17NO3S2. The zero-order valence-corrected chi connectivity index (χ0v) is 15.1. The van der Waals surface area contributed by atoms with E-state index in [1.54, 1.807) is 29.9 Å². The molecule has 2 aliphatic rings. The van der Waals surface area contributed by atoms with E-state index >= 15 is 0 Å². The van der Waals surface area contributed by atoms with Gasteiger partial charge in [-0.15, -0.1) is 0 Å². The molecule has 2 aliphatic heterocycles. The molecular weight excluding hydrogens is 354 g/mol. The van der Waals surface area contributed by atoms with Crippen molar-refractivity contribution in [2.45, 2.75) is 22.6 Å². The molecule has 6 heteroatoms. The largest absolute Gasteiger partial charge is 0.472 e. The fraction of sp³-hybridized carbons (Fsp3) is 0.263. The summed E-state index contributed by atoms with van der Waals surface area (Å²) in [5.74, 6) is 0.0606. The standard InChI is InChI=1S/C19H17NO3S2/c21-25(22)18-2-1-14(15-3-5-23-11-15)7-16(18)17-9-20(10-19(17)25)8-13-4-6-24-12-13/h1-7,11-12,17,19H,8-10H2/t17-,19+/m1/s1. The lowest BCUT2D eigenvalue weighted by Crippen LogP contribution is -2.25. The van der Waals surface area contributed by atoms with Crippen molar-refractivity contribution in [1.82, 2.24) is 4.90 Å². The predicted molar refractivity (Wildman–Crippen MR) is 97.5 cm³/mol. The minimum atomic E-state index is -3.24. The van der Waals surface area contributed by atoms with Gasteiger partial charge < -0.3 is 4.42 Å². The third-order valence-corrected chi connectivity index (χ3v) is 8.29. The minimum absolute atomic E-state index is 0.0606. The van der Waals surface area contributed by atoms with E-state index < -0.39 is 9.84 Å². The number of fused-ring (bicyclic) bond motifs is 3. The zero-order chi connectivity index (χ0) is 17.0. The van der Waals surface area contributed by atoms with Crippen molar-refractivity contribution in [2.24, 2.45) is 0 Å². The number of nitrogens with zero attached hydrogens (tertiary/aromatic N) is 1. The molecule has 4 nitrogen and oxygen atoms in total. The number of hydrogen-bond donors (Lipinski definition) is 0. The van der Waals surface area contributed by atoms with E-state index in [2.05, 4.69) is 21.7 Å². The zero-order valence-electron chi connectivity index (χ0n) is 13.5. The Hall–Kier alpha value is -1.89. The molecule has 0 saturated carbocycles. The Bertz CT molecular complexity index is 1010. The fourth-order valence-electron chi connectivity index (χ4n) is 4.10. The number of thiophene rings is 1. The topological polar surface area (TPSA) is 50.5 Å². The molecule has 128 valence electrons. The van der Waals surface area contributed by atoms with Crippen molar-refractivity contribution in [3.8, 4) is 11.1 Å². The lowest BCUT2D eigenvalue weighted by Gasteiger charge is -2.16. The van der Waals surface area contributed by atoms with Crippen LogP contribution in [0.15, 0.2) is 62.9 Å². The van der Waals surface area contributed by atoms with Crippen LogP contribution >= 0.6 is 11.3 Å². The molecule has 0 amide bonds. The van der Waals surface area contributed by atoms with Gasteiger partial charge in [0.2, 0.25) is 0 Å². The molecule has 0 bridgehead atoms. The maximum absolute atomic E-state index is 13.0. The van der Waals surface area contributed by atoms with Crippen LogP contribution in [0.25, 0.3) is 11.1 Å². The summed E-state index contributed by atoms with van der Waals surface area (Å²) in [6, 6.07) is 9.70. The summed E-state index contributed by atoms with van der Waals surface area (Å²) in [6.45, 7) is 2.23. The number of benzene rings is 1. The van der Waals surface area contributed by atoms with E-state index in [1.807, 2.05) is 18.2 Å². The maximum atomic E-state index is 13.0. The van der Waals surface area contributed by atoms with Crippen molar-refractivity contribution < 1.29 is 12.8 Å². The summed E-state index contributed by atoms with van der Waals surface area (Å²) in [7, 11) is -3.24. The molecule has 5 rings (SSSR count). The molecule has 25 heavy (non-hydrogen) atoms. The Kier molecular flexibility index (Phi) is 3.42. The molecule has 0 radical (unpaired) electrons. The Morgan fingerprint density at radius 2 is 2.08 bits per heavy atom. The van der Waals surface area contributed by atoms with Gasteiger partial charge in [-0.05, 0) is 51.7 Å². The van der Waals surface area contributed by atoms with Gasteiger partial charge in [-0.1, -0.05) is 6.07 Å². The van der Waals surface area contributed by atoms with Crippen LogP contribution in [0.4, 0.5) is 0 Å². The highest BCUT2D eigenvalue weighted by molar-refractivity contribution is 7.92. The quantitative estimate of drug-likeness (QED) is 0.703. The van der Waals surface area contributed by atoms with Crippen LogP contribution in [0.3, 0.4) is 0 Å². The van der Waals surface area contributed by atoms with Gasteiger partial charge in [0.25, 0.3) is 0 Å². The van der Waals surface area contributed by atoms with Gasteiger partial charge in [0.05, 0.1) is 22.7 Å². The van der Waals surface area contributed by atoms with Crippen molar-refractivity contribution in [3.63, 3.8) is 0 Å². The number of hydrogen-bond acceptors (Lipinski definition) is 5. The third kappa shape index (κ3) is 2.39. The fourth-order valence-corrected chi connectivity index (χ4v) is 6.96. The monoisotopic (exact) mass is 371 g/mol. The van der Waals surface area contributed by atoms with Crippen LogP contribution in [0.2, 0.25) is 0 Å². The Balaban J connectivity index is 1.51. The molecule has 1 fully saturated rings. The normalized spacial score (nSPS) is 24.3. The number of sulfone groups is 1. The van der Waals surface area contributed by atoms with Gasteiger partial charge in [0.1, 0.15) is 0 Å². The van der Waals surface area contributed by atoms with Gasteiger partial charge in [0.15, 0.2) is 9.84 Å². The van der Waals surface area contributed by atoms with E-state index in [1.165, 1.54) is 5.56 Å². The first-order valence-corrected chi connectivity index (χ1v) is 10.8. The van der Waals surface area contributed by atoms with Crippen LogP contribution in [-0.2, 0) is 16.4 Å². The van der Waals surface area contributed by atoms with Crippen molar-refractivity contribution in [2.75, 3.05) is 13.1 Å². The van der Waals surface area contributed by atoms with E-state index in [-0.39, 0.29) is 11.2 Å². The second-order valence-electron chi connectivity index (χ2n) is 6.78. The van der Waals surface area contributed by atoms with Crippen molar-refractivity contribution >= 4 is 21.2 Å². The Morgan fingerprint density at radius 3 is 2.84 bits per heavy atom. The van der Waals surface area contributed by atoms with Gasteiger partial charge in [0, 0.05) is 31.1 Å². The Morgan fingerprint density at radius 1 is 1.16 bits per heavy atom. The highest BCUT2D eigenvalue weighted by Crippen LogP contribution is 2.46. The first-order chi connectivity index (χ1) is 12.1. The van der Waals surface area contributed by atoms with E-state index in [9.17, 15) is 8.42 Å². The Labute approximate surface area is 150 Å². The van der Waals surface area contributed by atoms with Crippen LogP contribution in [0.1, 0.15) is 17.0 Å². The smallest absolute Gasteiger partial charge is 0.183 e. The molecule has 0 N–H and O–H groups in total. The highest BCUT2D eigenvalue weighted by atomic mass is 32.2. The summed E-state index contributed by atoms with van der Waals surface area (Å²) >= 11 is 1.68. The van der Waals surface area contributed by atoms with Crippen molar-refractivity contribution in [3.05, 3.63) is 64.7 Å². The molecule has 2 atom stereocenters. The molecule has 0 unspecified atom stereocenters. The lowest BCUT2D eigenvalue weighted by molar-refractivity contribution is 0.326. The first-order valence-electron chi connectivity index (χ1n) is 8.27.